The molecule has 1 rings (SSSR count). The number of carbonyl (C=O) groups is 5. The maximum atomic E-state index is 13.1. The highest BCUT2D eigenvalue weighted by molar-refractivity contribution is 5.95. The van der Waals surface area contributed by atoms with Crippen LogP contribution in [-0.2, 0) is 30.4 Å². The highest BCUT2D eigenvalue weighted by atomic mass is 16.4. The molecular formula is C22H33N5O7. The molecule has 0 aliphatic heterocycles. The Morgan fingerprint density at radius 1 is 0.912 bits per heavy atom. The van der Waals surface area contributed by atoms with E-state index in [0.717, 1.165) is 0 Å². The van der Waals surface area contributed by atoms with Gasteiger partial charge in [-0.2, -0.15) is 0 Å². The molecule has 4 amide bonds. The van der Waals surface area contributed by atoms with Gasteiger partial charge in [0.25, 0.3) is 0 Å². The van der Waals surface area contributed by atoms with Gasteiger partial charge in [0.05, 0.1) is 12.5 Å². The molecule has 0 heterocycles. The zero-order chi connectivity index (χ0) is 26.0. The van der Waals surface area contributed by atoms with Crippen molar-refractivity contribution in [2.75, 3.05) is 0 Å². The monoisotopic (exact) mass is 479 g/mol. The van der Waals surface area contributed by atoms with Crippen LogP contribution in [0.25, 0.3) is 0 Å². The fraction of sp³-hybridized carbons (Fsp3) is 0.500. The number of aromatic hydroxyl groups is 1. The number of carboxylic acids is 1. The quantitative estimate of drug-likeness (QED) is 0.181. The van der Waals surface area contributed by atoms with E-state index in [1.54, 1.807) is 6.92 Å². The number of primary amides is 1. The maximum absolute atomic E-state index is 13.1. The highest BCUT2D eigenvalue weighted by Gasteiger charge is 2.32. The molecule has 0 aromatic heterocycles. The Morgan fingerprint density at radius 3 is 1.94 bits per heavy atom. The van der Waals surface area contributed by atoms with Crippen molar-refractivity contribution in [3.8, 4) is 5.75 Å². The summed E-state index contributed by atoms with van der Waals surface area (Å²) < 4.78 is 0. The number of carboxylic acid groups (broad SMARTS) is 1. The van der Waals surface area contributed by atoms with Gasteiger partial charge in [0, 0.05) is 6.42 Å². The lowest BCUT2D eigenvalue weighted by atomic mass is 9.96. The number of carbonyl (C=O) groups excluding carboxylic acids is 4. The van der Waals surface area contributed by atoms with Crippen molar-refractivity contribution in [1.29, 1.82) is 0 Å². The molecule has 0 spiro atoms. The van der Waals surface area contributed by atoms with Gasteiger partial charge in [0.1, 0.15) is 23.9 Å². The third-order valence-corrected chi connectivity index (χ3v) is 5.24. The van der Waals surface area contributed by atoms with E-state index in [4.69, 9.17) is 11.5 Å². The number of amides is 4. The Hall–Kier alpha value is -3.67. The summed E-state index contributed by atoms with van der Waals surface area (Å²) in [7, 11) is 0. The van der Waals surface area contributed by atoms with Gasteiger partial charge in [-0.1, -0.05) is 32.4 Å². The lowest BCUT2D eigenvalue weighted by Crippen LogP contribution is -2.59. The van der Waals surface area contributed by atoms with Gasteiger partial charge >= 0.3 is 5.97 Å². The SMILES string of the molecule is CCC(C)C(NC(=O)C(C)N)C(=O)NC(Cc1ccc(O)cc1)C(=O)NC(CC(N)=O)C(=O)O. The van der Waals surface area contributed by atoms with E-state index in [0.29, 0.717) is 12.0 Å². The molecule has 0 aliphatic carbocycles. The van der Waals surface area contributed by atoms with Gasteiger partial charge in [0.15, 0.2) is 0 Å². The van der Waals surface area contributed by atoms with Gasteiger partial charge in [-0.15, -0.1) is 0 Å². The average Bonchev–Trinajstić information content (AvgIpc) is 2.76. The van der Waals surface area contributed by atoms with Gasteiger partial charge in [0.2, 0.25) is 23.6 Å². The van der Waals surface area contributed by atoms with Crippen molar-refractivity contribution in [1.82, 2.24) is 16.0 Å². The van der Waals surface area contributed by atoms with Gasteiger partial charge in [-0.3, -0.25) is 19.2 Å². The average molecular weight is 480 g/mol. The summed E-state index contributed by atoms with van der Waals surface area (Å²) in [5.41, 5.74) is 11.2. The first-order chi connectivity index (χ1) is 15.8. The van der Waals surface area contributed by atoms with Crippen LogP contribution in [0.3, 0.4) is 0 Å². The van der Waals surface area contributed by atoms with Crippen LogP contribution in [0.2, 0.25) is 0 Å². The minimum Gasteiger partial charge on any atom is -0.508 e. The zero-order valence-corrected chi connectivity index (χ0v) is 19.4. The summed E-state index contributed by atoms with van der Waals surface area (Å²) in [6.45, 7) is 5.03. The van der Waals surface area contributed by atoms with Crippen LogP contribution < -0.4 is 27.4 Å². The number of phenols is 1. The third-order valence-electron chi connectivity index (χ3n) is 5.24. The largest absolute Gasteiger partial charge is 0.508 e. The number of aliphatic carboxylic acids is 1. The molecule has 0 fully saturated rings. The second-order valence-electron chi connectivity index (χ2n) is 8.16. The van der Waals surface area contributed by atoms with E-state index in [1.165, 1.54) is 31.2 Å². The smallest absolute Gasteiger partial charge is 0.326 e. The molecule has 0 saturated carbocycles. The molecule has 0 bridgehead atoms. The normalized spacial score (nSPS) is 15.2. The number of nitrogens with two attached hydrogens (primary N) is 2. The van der Waals surface area contributed by atoms with Crippen molar-refractivity contribution in [3.05, 3.63) is 29.8 Å². The van der Waals surface area contributed by atoms with Crippen molar-refractivity contribution < 1.29 is 34.2 Å². The fourth-order valence-corrected chi connectivity index (χ4v) is 3.00. The van der Waals surface area contributed by atoms with Crippen molar-refractivity contribution in [2.24, 2.45) is 17.4 Å². The van der Waals surface area contributed by atoms with Gasteiger partial charge in [-0.05, 0) is 30.5 Å². The van der Waals surface area contributed by atoms with E-state index in [9.17, 15) is 34.2 Å². The van der Waals surface area contributed by atoms with Crippen molar-refractivity contribution in [2.45, 2.75) is 64.2 Å². The molecule has 5 atom stereocenters. The molecule has 1 aromatic carbocycles. The van der Waals surface area contributed by atoms with E-state index in [2.05, 4.69) is 16.0 Å². The van der Waals surface area contributed by atoms with E-state index in [-0.39, 0.29) is 18.1 Å². The number of hydrogen-bond acceptors (Lipinski definition) is 7. The second kappa shape index (κ2) is 13.1. The van der Waals surface area contributed by atoms with Crippen LogP contribution in [0, 0.1) is 5.92 Å². The molecule has 0 saturated heterocycles. The summed E-state index contributed by atoms with van der Waals surface area (Å²) in [6.07, 6.45) is -0.165. The second-order valence-corrected chi connectivity index (χ2v) is 8.16. The minimum atomic E-state index is -1.59. The van der Waals surface area contributed by atoms with E-state index in [1.807, 2.05) is 6.92 Å². The molecule has 0 aliphatic rings. The topological polar surface area (TPSA) is 214 Å². The van der Waals surface area contributed by atoms with Gasteiger partial charge < -0.3 is 37.6 Å². The molecule has 1 aromatic rings. The van der Waals surface area contributed by atoms with Crippen molar-refractivity contribution in [3.63, 3.8) is 0 Å². The molecule has 34 heavy (non-hydrogen) atoms. The molecular weight excluding hydrogens is 446 g/mol. The van der Waals surface area contributed by atoms with E-state index >= 15 is 0 Å². The van der Waals surface area contributed by atoms with Crippen LogP contribution >= 0.6 is 0 Å². The Kier molecular flexibility index (Phi) is 11.0. The molecule has 12 nitrogen and oxygen atoms in total. The number of rotatable bonds is 13. The fourth-order valence-electron chi connectivity index (χ4n) is 3.00. The summed E-state index contributed by atoms with van der Waals surface area (Å²) in [6, 6.07) is 1.14. The highest BCUT2D eigenvalue weighted by Crippen LogP contribution is 2.13. The number of phenolic OH excluding ortho intramolecular Hbond substituents is 1. The first kappa shape index (κ1) is 28.4. The molecule has 0 radical (unpaired) electrons. The third kappa shape index (κ3) is 9.06. The van der Waals surface area contributed by atoms with E-state index < -0.39 is 60.2 Å². The Bertz CT molecular complexity index is 888. The predicted octanol–water partition coefficient (Wildman–Crippen LogP) is -1.26. The summed E-state index contributed by atoms with van der Waals surface area (Å²) in [5, 5.41) is 26.1. The Morgan fingerprint density at radius 2 is 1.47 bits per heavy atom. The maximum Gasteiger partial charge on any atom is 0.326 e. The predicted molar refractivity (Wildman–Crippen MR) is 122 cm³/mol. The van der Waals surface area contributed by atoms with Crippen LogP contribution in [0.4, 0.5) is 0 Å². The zero-order valence-electron chi connectivity index (χ0n) is 19.4. The number of nitrogens with one attached hydrogen (secondary N) is 3. The summed E-state index contributed by atoms with van der Waals surface area (Å²) in [5.74, 6) is -4.78. The lowest BCUT2D eigenvalue weighted by molar-refractivity contribution is -0.143. The Balaban J connectivity index is 3.18. The first-order valence-electron chi connectivity index (χ1n) is 10.8. The first-order valence-corrected chi connectivity index (χ1v) is 10.8. The van der Waals surface area contributed by atoms with Gasteiger partial charge in [-0.25, -0.2) is 4.79 Å². The lowest BCUT2D eigenvalue weighted by Gasteiger charge is -2.27. The van der Waals surface area contributed by atoms with Crippen LogP contribution in [0.5, 0.6) is 5.75 Å². The summed E-state index contributed by atoms with van der Waals surface area (Å²) in [4.78, 5) is 60.8. The number of hydrogen-bond donors (Lipinski definition) is 7. The van der Waals surface area contributed by atoms with Crippen LogP contribution in [0.15, 0.2) is 24.3 Å². The molecule has 188 valence electrons. The molecule has 9 N–H and O–H groups in total. The standard InChI is InChI=1S/C22H33N5O7/c1-4-11(2)18(27-19(30)12(3)23)21(32)25-15(9-13-5-7-14(28)8-6-13)20(31)26-16(22(33)34)10-17(24)29/h5-8,11-12,15-16,18,28H,4,9-10,23H2,1-3H3,(H2,24,29)(H,25,32)(H,26,31)(H,27,30)(H,33,34). The van der Waals surface area contributed by atoms with Crippen molar-refractivity contribution >= 4 is 29.6 Å². The molecule has 12 heteroatoms. The van der Waals surface area contributed by atoms with Crippen LogP contribution in [-0.4, -0.2) is 64.0 Å². The molecule has 5 unspecified atom stereocenters. The summed E-state index contributed by atoms with van der Waals surface area (Å²) >= 11 is 0. The number of benzene rings is 1. The Labute approximate surface area is 197 Å². The minimum absolute atomic E-state index is 0.00311. The van der Waals surface area contributed by atoms with Crippen LogP contribution in [0.1, 0.15) is 39.2 Å².